The molecule has 9 nitrogen and oxygen atoms in total. The second kappa shape index (κ2) is 15.3. The normalized spacial score (nSPS) is 12.1. The minimum Gasteiger partial charge on any atom is -0.494 e. The highest BCUT2D eigenvalue weighted by molar-refractivity contribution is 5.98. The molecule has 0 radical (unpaired) electrons. The third-order valence-corrected chi connectivity index (χ3v) is 7.09. The summed E-state index contributed by atoms with van der Waals surface area (Å²) in [7, 11) is 0. The summed E-state index contributed by atoms with van der Waals surface area (Å²) in [6.45, 7) is 3.15. The van der Waals surface area contributed by atoms with Crippen LogP contribution in [0.4, 0.5) is 0 Å². The Morgan fingerprint density at radius 2 is 1.49 bits per heavy atom. The number of primary amides is 1. The van der Waals surface area contributed by atoms with Crippen LogP contribution in [0.15, 0.2) is 97.2 Å². The lowest BCUT2D eigenvalue weighted by Gasteiger charge is -2.24. The van der Waals surface area contributed by atoms with Crippen molar-refractivity contribution in [2.45, 2.75) is 44.8 Å². The van der Waals surface area contributed by atoms with Crippen LogP contribution >= 0.6 is 0 Å². The van der Waals surface area contributed by atoms with Gasteiger partial charge in [0.1, 0.15) is 11.8 Å². The van der Waals surface area contributed by atoms with Crippen LogP contribution in [0.1, 0.15) is 51.1 Å². The van der Waals surface area contributed by atoms with E-state index in [-0.39, 0.29) is 30.9 Å². The highest BCUT2D eigenvalue weighted by atomic mass is 16.5. The van der Waals surface area contributed by atoms with Gasteiger partial charge in [-0.05, 0) is 65.9 Å². The molecule has 1 aromatic heterocycles. The molecule has 0 bridgehead atoms. The Bertz CT molecular complexity index is 1510. The summed E-state index contributed by atoms with van der Waals surface area (Å²) in [6, 6.07) is 26.4. The Labute approximate surface area is 251 Å². The first kappa shape index (κ1) is 30.9. The number of rotatable bonds is 14. The quantitative estimate of drug-likeness (QED) is 0.180. The lowest BCUT2D eigenvalue weighted by Crippen LogP contribution is -2.49. The summed E-state index contributed by atoms with van der Waals surface area (Å²) in [5, 5.41) is 5.89. The predicted octanol–water partition coefficient (Wildman–Crippen LogP) is 3.41. The third kappa shape index (κ3) is 8.73. The van der Waals surface area contributed by atoms with Crippen LogP contribution in [-0.4, -0.2) is 35.4 Å². The van der Waals surface area contributed by atoms with Crippen molar-refractivity contribution >= 4 is 17.7 Å². The molecule has 3 amide bonds. The second-order valence-corrected chi connectivity index (χ2v) is 10.1. The molecule has 9 heteroatoms. The molecule has 4 rings (SSSR count). The first-order chi connectivity index (χ1) is 20.9. The molecule has 1 heterocycles. The monoisotopic (exact) mass is 579 g/mol. The predicted molar refractivity (Wildman–Crippen MR) is 165 cm³/mol. The number of pyridine rings is 1. The van der Waals surface area contributed by atoms with E-state index in [1.165, 1.54) is 0 Å². The van der Waals surface area contributed by atoms with E-state index in [1.807, 2.05) is 61.5 Å². The number of amides is 3. The van der Waals surface area contributed by atoms with Crippen molar-refractivity contribution in [1.82, 2.24) is 15.6 Å². The number of hydrogen-bond donors (Lipinski definition) is 4. The van der Waals surface area contributed by atoms with E-state index < -0.39 is 23.8 Å². The number of carbonyl (C=O) groups excluding carboxylic acids is 3. The summed E-state index contributed by atoms with van der Waals surface area (Å²) in [5.74, 6) is -1.49. The van der Waals surface area contributed by atoms with Gasteiger partial charge >= 0.3 is 0 Å². The second-order valence-electron chi connectivity index (χ2n) is 10.1. The Morgan fingerprint density at radius 3 is 2.14 bits per heavy atom. The standard InChI is InChI=1S/C34H37N5O4/c1-2-43-27-16-14-23(15-17-27)19-30(28-8-3-4-9-29(28)32(36)40)33(41)39-31(20-26-7-5-6-18-37-26)34(42)38-22-25-12-10-24(21-35)11-13-25/h3-18,30-31H,2,19-22,35H2,1H3,(H2,36,40)(H,38,42)(H,39,41)/t30-,31+/m1/s1. The molecule has 4 aromatic rings. The maximum Gasteiger partial charge on any atom is 0.249 e. The average molecular weight is 580 g/mol. The van der Waals surface area contributed by atoms with E-state index in [9.17, 15) is 14.4 Å². The molecule has 0 spiro atoms. The Morgan fingerprint density at radius 1 is 0.814 bits per heavy atom. The van der Waals surface area contributed by atoms with Gasteiger partial charge in [-0.3, -0.25) is 19.4 Å². The average Bonchev–Trinajstić information content (AvgIpc) is 3.03. The molecule has 0 saturated carbocycles. The largest absolute Gasteiger partial charge is 0.494 e. The molecule has 3 aromatic carbocycles. The summed E-state index contributed by atoms with van der Waals surface area (Å²) in [4.78, 5) is 44.3. The Kier molecular flexibility index (Phi) is 11.0. The Balaban J connectivity index is 1.60. The summed E-state index contributed by atoms with van der Waals surface area (Å²) >= 11 is 0. The smallest absolute Gasteiger partial charge is 0.249 e. The number of benzene rings is 3. The van der Waals surface area contributed by atoms with Gasteiger partial charge in [-0.1, -0.05) is 60.7 Å². The van der Waals surface area contributed by atoms with Crippen LogP contribution in [0.3, 0.4) is 0 Å². The fourth-order valence-electron chi connectivity index (χ4n) is 4.81. The molecule has 0 saturated heterocycles. The van der Waals surface area contributed by atoms with Crippen LogP contribution in [-0.2, 0) is 35.5 Å². The highest BCUT2D eigenvalue weighted by Gasteiger charge is 2.29. The number of nitrogens with zero attached hydrogens (tertiary/aromatic N) is 1. The molecule has 222 valence electrons. The number of nitrogens with two attached hydrogens (primary N) is 2. The fraction of sp³-hybridized carbons (Fsp3) is 0.235. The molecule has 0 unspecified atom stereocenters. The van der Waals surface area contributed by atoms with Gasteiger partial charge < -0.3 is 26.8 Å². The maximum atomic E-state index is 14.0. The SMILES string of the molecule is CCOc1ccc(C[C@@H](C(=O)N[C@@H](Cc2ccccn2)C(=O)NCc2ccc(CN)cc2)c2ccccc2C(N)=O)cc1. The fourth-order valence-corrected chi connectivity index (χ4v) is 4.81. The maximum absolute atomic E-state index is 14.0. The van der Waals surface area contributed by atoms with Gasteiger partial charge in [0.05, 0.1) is 12.5 Å². The van der Waals surface area contributed by atoms with Gasteiger partial charge in [0.15, 0.2) is 0 Å². The van der Waals surface area contributed by atoms with Crippen LogP contribution in [0, 0.1) is 0 Å². The number of aromatic nitrogens is 1. The zero-order chi connectivity index (χ0) is 30.6. The molecule has 2 atom stereocenters. The number of ether oxygens (including phenoxy) is 1. The van der Waals surface area contributed by atoms with Gasteiger partial charge in [0, 0.05) is 37.0 Å². The van der Waals surface area contributed by atoms with Gasteiger partial charge in [-0.2, -0.15) is 0 Å². The van der Waals surface area contributed by atoms with Crippen LogP contribution in [0.25, 0.3) is 0 Å². The molecule has 6 N–H and O–H groups in total. The molecular formula is C34H37N5O4. The van der Waals surface area contributed by atoms with Crippen molar-refractivity contribution in [2.75, 3.05) is 6.61 Å². The lowest BCUT2D eigenvalue weighted by atomic mass is 9.87. The first-order valence-corrected chi connectivity index (χ1v) is 14.2. The van der Waals surface area contributed by atoms with Crippen molar-refractivity contribution in [3.8, 4) is 5.75 Å². The Hall–Kier alpha value is -5.02. The molecule has 0 aliphatic heterocycles. The molecule has 43 heavy (non-hydrogen) atoms. The minimum absolute atomic E-state index is 0.178. The zero-order valence-corrected chi connectivity index (χ0v) is 24.2. The topological polar surface area (TPSA) is 149 Å². The van der Waals surface area contributed by atoms with Crippen molar-refractivity contribution in [3.05, 3.63) is 131 Å². The molecule has 0 aliphatic carbocycles. The number of hydrogen-bond acceptors (Lipinski definition) is 6. The van der Waals surface area contributed by atoms with Crippen LogP contribution < -0.4 is 26.8 Å². The summed E-state index contributed by atoms with van der Waals surface area (Å²) < 4.78 is 5.55. The van der Waals surface area contributed by atoms with E-state index in [4.69, 9.17) is 16.2 Å². The van der Waals surface area contributed by atoms with Crippen molar-refractivity contribution in [2.24, 2.45) is 11.5 Å². The molecular weight excluding hydrogens is 542 g/mol. The van der Waals surface area contributed by atoms with E-state index in [1.54, 1.807) is 42.6 Å². The zero-order valence-electron chi connectivity index (χ0n) is 24.2. The third-order valence-electron chi connectivity index (χ3n) is 7.09. The minimum atomic E-state index is -0.922. The number of carbonyl (C=O) groups is 3. The van der Waals surface area contributed by atoms with E-state index >= 15 is 0 Å². The van der Waals surface area contributed by atoms with E-state index in [0.717, 1.165) is 22.4 Å². The van der Waals surface area contributed by atoms with E-state index in [0.29, 0.717) is 24.4 Å². The highest BCUT2D eigenvalue weighted by Crippen LogP contribution is 2.26. The van der Waals surface area contributed by atoms with Crippen molar-refractivity contribution < 1.29 is 19.1 Å². The van der Waals surface area contributed by atoms with Gasteiger partial charge in [0.2, 0.25) is 17.7 Å². The summed E-state index contributed by atoms with van der Waals surface area (Å²) in [6.07, 6.45) is 2.09. The molecule has 0 fully saturated rings. The van der Waals surface area contributed by atoms with Gasteiger partial charge in [-0.15, -0.1) is 0 Å². The van der Waals surface area contributed by atoms with Crippen molar-refractivity contribution in [1.29, 1.82) is 0 Å². The van der Waals surface area contributed by atoms with Crippen LogP contribution in [0.2, 0.25) is 0 Å². The van der Waals surface area contributed by atoms with Gasteiger partial charge in [-0.25, -0.2) is 0 Å². The van der Waals surface area contributed by atoms with Gasteiger partial charge in [0.25, 0.3) is 0 Å². The summed E-state index contributed by atoms with van der Waals surface area (Å²) in [5.41, 5.74) is 15.5. The van der Waals surface area contributed by atoms with E-state index in [2.05, 4.69) is 15.6 Å². The lowest BCUT2D eigenvalue weighted by molar-refractivity contribution is -0.129. The molecule has 0 aliphatic rings. The number of nitrogens with one attached hydrogen (secondary N) is 2. The van der Waals surface area contributed by atoms with Crippen LogP contribution in [0.5, 0.6) is 5.75 Å². The van der Waals surface area contributed by atoms with Crippen molar-refractivity contribution in [3.63, 3.8) is 0 Å². The first-order valence-electron chi connectivity index (χ1n) is 14.2.